The first kappa shape index (κ1) is 16.4. The minimum absolute atomic E-state index is 0.150. The van der Waals surface area contributed by atoms with E-state index >= 15 is 0 Å². The van der Waals surface area contributed by atoms with Crippen molar-refractivity contribution in [3.63, 3.8) is 0 Å². The summed E-state index contributed by atoms with van der Waals surface area (Å²) in [6, 6.07) is 6.90. The molecule has 0 aromatic heterocycles. The first-order valence-electron chi connectivity index (χ1n) is 7.39. The fraction of sp³-hybridized carbons (Fsp3) is 0.600. The first-order chi connectivity index (χ1) is 10.0. The number of aryl methyl sites for hydroxylation is 1. The summed E-state index contributed by atoms with van der Waals surface area (Å²) < 4.78 is 27.2. The van der Waals surface area contributed by atoms with Crippen LogP contribution < -0.4 is 4.72 Å². The lowest BCUT2D eigenvalue weighted by molar-refractivity contribution is 0.288. The van der Waals surface area contributed by atoms with Crippen LogP contribution in [0.25, 0.3) is 0 Å². The average Bonchev–Trinajstić information content (AvgIpc) is 2.89. The summed E-state index contributed by atoms with van der Waals surface area (Å²) in [5, 5.41) is 8.79. The minimum Gasteiger partial charge on any atom is -0.396 e. The van der Waals surface area contributed by atoms with Crippen LogP contribution in [-0.4, -0.2) is 51.7 Å². The molecule has 1 atom stereocenters. The van der Waals surface area contributed by atoms with E-state index in [1.807, 2.05) is 12.1 Å². The Morgan fingerprint density at radius 2 is 2.05 bits per heavy atom. The first-order valence-corrected chi connectivity index (χ1v) is 8.87. The second-order valence-electron chi connectivity index (χ2n) is 5.74. The van der Waals surface area contributed by atoms with Gasteiger partial charge in [0.2, 0.25) is 10.0 Å². The molecule has 0 radical (unpaired) electrons. The lowest BCUT2D eigenvalue weighted by Crippen LogP contribution is -2.30. The number of nitrogens with one attached hydrogen (secondary N) is 1. The third-order valence-electron chi connectivity index (χ3n) is 3.91. The quantitative estimate of drug-likeness (QED) is 0.783. The van der Waals surface area contributed by atoms with Gasteiger partial charge in [-0.3, -0.25) is 0 Å². The molecule has 1 heterocycles. The Morgan fingerprint density at radius 1 is 1.33 bits per heavy atom. The van der Waals surface area contributed by atoms with Gasteiger partial charge in [-0.15, -0.1) is 0 Å². The highest BCUT2D eigenvalue weighted by Gasteiger charge is 2.22. The molecule has 1 fully saturated rings. The molecule has 1 aromatic rings. The molecular formula is C15H24N2O3S. The van der Waals surface area contributed by atoms with Crippen molar-refractivity contribution in [1.29, 1.82) is 0 Å². The summed E-state index contributed by atoms with van der Waals surface area (Å²) in [6.45, 7) is 2.63. The minimum atomic E-state index is -3.42. The monoisotopic (exact) mass is 312 g/mol. The smallest absolute Gasteiger partial charge is 0.240 e. The maximum Gasteiger partial charge on any atom is 0.240 e. The molecule has 118 valence electrons. The molecule has 1 aliphatic rings. The number of hydrogen-bond donors (Lipinski definition) is 2. The van der Waals surface area contributed by atoms with E-state index in [0.29, 0.717) is 23.8 Å². The van der Waals surface area contributed by atoms with Gasteiger partial charge in [0.15, 0.2) is 0 Å². The van der Waals surface area contributed by atoms with Gasteiger partial charge in [-0.25, -0.2) is 13.1 Å². The topological polar surface area (TPSA) is 69.6 Å². The van der Waals surface area contributed by atoms with Gasteiger partial charge in [0.05, 0.1) is 4.90 Å². The molecule has 1 aromatic carbocycles. The van der Waals surface area contributed by atoms with Crippen LogP contribution in [0.5, 0.6) is 0 Å². The Labute approximate surface area is 127 Å². The summed E-state index contributed by atoms with van der Waals surface area (Å²) in [5.41, 5.74) is 1.04. The van der Waals surface area contributed by atoms with Crippen LogP contribution in [0.1, 0.15) is 18.4 Å². The maximum atomic E-state index is 12.2. The van der Waals surface area contributed by atoms with E-state index in [1.165, 1.54) is 0 Å². The number of nitrogens with zero attached hydrogens (tertiary/aromatic N) is 1. The molecule has 0 aliphatic carbocycles. The normalized spacial score (nSPS) is 20.0. The summed E-state index contributed by atoms with van der Waals surface area (Å²) in [7, 11) is -1.37. The Balaban J connectivity index is 1.92. The van der Waals surface area contributed by atoms with E-state index < -0.39 is 10.0 Å². The molecule has 0 amide bonds. The standard InChI is InChI=1S/C15H24N2O3S/c1-17-9-8-14(12-17)11-16-21(19,20)15-6-4-13(5-7-15)3-2-10-18/h4-7,14,16,18H,2-3,8-12H2,1H3. The highest BCUT2D eigenvalue weighted by Crippen LogP contribution is 2.15. The Bertz CT molecular complexity index is 543. The maximum absolute atomic E-state index is 12.2. The van der Waals surface area contributed by atoms with E-state index in [0.717, 1.165) is 31.5 Å². The summed E-state index contributed by atoms with van der Waals surface area (Å²) in [5.74, 6) is 0.397. The Morgan fingerprint density at radius 3 is 2.62 bits per heavy atom. The summed E-state index contributed by atoms with van der Waals surface area (Å²) in [6.07, 6.45) is 2.50. The molecule has 0 spiro atoms. The molecule has 5 nitrogen and oxygen atoms in total. The molecule has 2 rings (SSSR count). The van der Waals surface area contributed by atoms with Gasteiger partial charge in [0.25, 0.3) is 0 Å². The third kappa shape index (κ3) is 4.78. The van der Waals surface area contributed by atoms with Crippen molar-refractivity contribution in [2.45, 2.75) is 24.2 Å². The number of sulfonamides is 1. The predicted molar refractivity (Wildman–Crippen MR) is 82.6 cm³/mol. The zero-order valence-corrected chi connectivity index (χ0v) is 13.3. The number of hydrogen-bond acceptors (Lipinski definition) is 4. The fourth-order valence-electron chi connectivity index (χ4n) is 2.62. The van der Waals surface area contributed by atoms with E-state index in [9.17, 15) is 8.42 Å². The van der Waals surface area contributed by atoms with Gasteiger partial charge < -0.3 is 10.0 Å². The van der Waals surface area contributed by atoms with Crippen molar-refractivity contribution in [3.05, 3.63) is 29.8 Å². The lowest BCUT2D eigenvalue weighted by Gasteiger charge is -2.12. The van der Waals surface area contributed by atoms with Crippen LogP contribution in [0.4, 0.5) is 0 Å². The van der Waals surface area contributed by atoms with Crippen LogP contribution in [-0.2, 0) is 16.4 Å². The SMILES string of the molecule is CN1CCC(CNS(=O)(=O)c2ccc(CCCO)cc2)C1. The molecule has 0 bridgehead atoms. The van der Waals surface area contributed by atoms with Crippen molar-refractivity contribution in [2.75, 3.05) is 33.3 Å². The number of rotatable bonds is 7. The summed E-state index contributed by atoms with van der Waals surface area (Å²) in [4.78, 5) is 2.52. The highest BCUT2D eigenvalue weighted by molar-refractivity contribution is 7.89. The molecule has 1 unspecified atom stereocenters. The number of aliphatic hydroxyl groups is 1. The number of likely N-dealkylation sites (tertiary alicyclic amines) is 1. The highest BCUT2D eigenvalue weighted by atomic mass is 32.2. The molecule has 2 N–H and O–H groups in total. The Hall–Kier alpha value is -0.950. The van der Waals surface area contributed by atoms with Crippen LogP contribution in [0, 0.1) is 5.92 Å². The van der Waals surface area contributed by atoms with Crippen LogP contribution in [0.2, 0.25) is 0 Å². The molecule has 1 saturated heterocycles. The van der Waals surface area contributed by atoms with Crippen molar-refractivity contribution >= 4 is 10.0 Å². The average molecular weight is 312 g/mol. The van der Waals surface area contributed by atoms with E-state index in [2.05, 4.69) is 16.7 Å². The van der Waals surface area contributed by atoms with Gasteiger partial charge in [-0.05, 0) is 56.5 Å². The van der Waals surface area contributed by atoms with Crippen LogP contribution in [0.15, 0.2) is 29.2 Å². The molecule has 21 heavy (non-hydrogen) atoms. The van der Waals surface area contributed by atoms with Crippen LogP contribution in [0.3, 0.4) is 0 Å². The van der Waals surface area contributed by atoms with E-state index in [1.54, 1.807) is 12.1 Å². The van der Waals surface area contributed by atoms with Crippen LogP contribution >= 0.6 is 0 Å². The molecule has 1 aliphatic heterocycles. The lowest BCUT2D eigenvalue weighted by atomic mass is 10.1. The molecule has 0 saturated carbocycles. The predicted octanol–water partition coefficient (Wildman–Crippen LogP) is 0.841. The number of benzene rings is 1. The second-order valence-corrected chi connectivity index (χ2v) is 7.51. The van der Waals surface area contributed by atoms with Gasteiger partial charge in [0.1, 0.15) is 0 Å². The summed E-state index contributed by atoms with van der Waals surface area (Å²) >= 11 is 0. The van der Waals surface area contributed by atoms with Crippen molar-refractivity contribution in [3.8, 4) is 0 Å². The zero-order chi connectivity index (χ0) is 15.3. The fourth-order valence-corrected chi connectivity index (χ4v) is 3.74. The van der Waals surface area contributed by atoms with Crippen molar-refractivity contribution in [1.82, 2.24) is 9.62 Å². The third-order valence-corrected chi connectivity index (χ3v) is 5.35. The van der Waals surface area contributed by atoms with Crippen molar-refractivity contribution in [2.24, 2.45) is 5.92 Å². The Kier molecular flexibility index (Phi) is 5.75. The largest absolute Gasteiger partial charge is 0.396 e. The van der Waals surface area contributed by atoms with Crippen molar-refractivity contribution < 1.29 is 13.5 Å². The van der Waals surface area contributed by atoms with Gasteiger partial charge in [0, 0.05) is 19.7 Å². The second kappa shape index (κ2) is 7.35. The zero-order valence-electron chi connectivity index (χ0n) is 12.5. The van der Waals surface area contributed by atoms with Gasteiger partial charge in [-0.1, -0.05) is 12.1 Å². The van der Waals surface area contributed by atoms with Gasteiger partial charge >= 0.3 is 0 Å². The van der Waals surface area contributed by atoms with Gasteiger partial charge in [-0.2, -0.15) is 0 Å². The molecular weight excluding hydrogens is 288 g/mol. The van der Waals surface area contributed by atoms with E-state index in [4.69, 9.17) is 5.11 Å². The molecule has 6 heteroatoms. The van der Waals surface area contributed by atoms with E-state index in [-0.39, 0.29) is 6.61 Å². The number of aliphatic hydroxyl groups excluding tert-OH is 1.